The highest BCUT2D eigenvalue weighted by Crippen LogP contribution is 2.19. The number of rotatable bonds is 6. The van der Waals surface area contributed by atoms with Gasteiger partial charge in [0.1, 0.15) is 5.76 Å². The van der Waals surface area contributed by atoms with Crippen LogP contribution in [0.1, 0.15) is 21.7 Å². The van der Waals surface area contributed by atoms with Gasteiger partial charge in [-0.15, -0.1) is 0 Å². The number of ether oxygens (including phenoxy) is 1. The molecular weight excluding hydrogens is 352 g/mol. The summed E-state index contributed by atoms with van der Waals surface area (Å²) in [6, 6.07) is 21.6. The Balaban J connectivity index is 1.52. The van der Waals surface area contributed by atoms with Crippen molar-refractivity contribution < 1.29 is 13.9 Å². The molecule has 0 atom stereocenters. The van der Waals surface area contributed by atoms with E-state index in [1.54, 1.807) is 6.26 Å². The van der Waals surface area contributed by atoms with Crippen molar-refractivity contribution in [3.8, 4) is 0 Å². The van der Waals surface area contributed by atoms with Gasteiger partial charge in [0, 0.05) is 30.9 Å². The molecular formula is C23H24N2O3. The van der Waals surface area contributed by atoms with Gasteiger partial charge in [0.2, 0.25) is 0 Å². The van der Waals surface area contributed by atoms with E-state index < -0.39 is 0 Å². The molecule has 0 N–H and O–H groups in total. The third-order valence-electron chi connectivity index (χ3n) is 4.92. The van der Waals surface area contributed by atoms with Gasteiger partial charge in [-0.1, -0.05) is 30.3 Å². The fraction of sp³-hybridized carbons (Fsp3) is 0.261. The van der Waals surface area contributed by atoms with Gasteiger partial charge in [-0.05, 0) is 42.0 Å². The largest absolute Gasteiger partial charge is 0.467 e. The lowest BCUT2D eigenvalue weighted by molar-refractivity contribution is 0.0717. The maximum Gasteiger partial charge on any atom is 0.254 e. The zero-order valence-electron chi connectivity index (χ0n) is 15.8. The highest BCUT2D eigenvalue weighted by Gasteiger charge is 2.19. The topological polar surface area (TPSA) is 45.9 Å². The van der Waals surface area contributed by atoms with Gasteiger partial charge in [0.15, 0.2) is 0 Å². The summed E-state index contributed by atoms with van der Waals surface area (Å²) in [7, 11) is 0. The molecule has 2 aromatic carbocycles. The van der Waals surface area contributed by atoms with Crippen molar-refractivity contribution in [2.75, 3.05) is 31.2 Å². The fourth-order valence-corrected chi connectivity index (χ4v) is 3.41. The maximum absolute atomic E-state index is 13.2. The number of carbonyl (C=O) groups excluding carboxylic acids is 1. The van der Waals surface area contributed by atoms with Crippen molar-refractivity contribution in [1.29, 1.82) is 0 Å². The lowest BCUT2D eigenvalue weighted by atomic mass is 10.1. The molecule has 0 radical (unpaired) electrons. The van der Waals surface area contributed by atoms with Crippen molar-refractivity contribution in [2.45, 2.75) is 13.1 Å². The number of hydrogen-bond donors (Lipinski definition) is 0. The highest BCUT2D eigenvalue weighted by atomic mass is 16.5. The number of carbonyl (C=O) groups is 1. The van der Waals surface area contributed by atoms with Gasteiger partial charge < -0.3 is 19.0 Å². The summed E-state index contributed by atoms with van der Waals surface area (Å²) in [4.78, 5) is 17.3. The van der Waals surface area contributed by atoms with Crippen LogP contribution in [0.2, 0.25) is 0 Å². The van der Waals surface area contributed by atoms with Crippen molar-refractivity contribution in [3.63, 3.8) is 0 Å². The molecule has 1 saturated heterocycles. The summed E-state index contributed by atoms with van der Waals surface area (Å²) < 4.78 is 10.9. The van der Waals surface area contributed by atoms with E-state index in [0.717, 1.165) is 43.3 Å². The third kappa shape index (κ3) is 4.43. The monoisotopic (exact) mass is 376 g/mol. The smallest absolute Gasteiger partial charge is 0.254 e. The normalized spacial score (nSPS) is 14.1. The zero-order valence-corrected chi connectivity index (χ0v) is 15.8. The number of anilines is 1. The predicted molar refractivity (Wildman–Crippen MR) is 108 cm³/mol. The first kappa shape index (κ1) is 18.3. The van der Waals surface area contributed by atoms with Crippen LogP contribution in [0.15, 0.2) is 77.4 Å². The molecule has 0 spiro atoms. The van der Waals surface area contributed by atoms with E-state index in [1.807, 2.05) is 71.6 Å². The number of benzene rings is 2. The molecule has 1 amide bonds. The minimum Gasteiger partial charge on any atom is -0.467 e. The van der Waals surface area contributed by atoms with Crippen LogP contribution in [0, 0.1) is 0 Å². The minimum absolute atomic E-state index is 0.00576. The number of nitrogens with zero attached hydrogens (tertiary/aromatic N) is 2. The summed E-state index contributed by atoms with van der Waals surface area (Å²) >= 11 is 0. The second-order valence-electron chi connectivity index (χ2n) is 6.87. The molecule has 28 heavy (non-hydrogen) atoms. The predicted octanol–water partition coefficient (Wildman–Crippen LogP) is 3.96. The van der Waals surface area contributed by atoms with Crippen LogP contribution in [-0.4, -0.2) is 37.1 Å². The highest BCUT2D eigenvalue weighted by molar-refractivity contribution is 5.94. The van der Waals surface area contributed by atoms with Gasteiger partial charge >= 0.3 is 0 Å². The van der Waals surface area contributed by atoms with Crippen molar-refractivity contribution in [1.82, 2.24) is 4.90 Å². The zero-order chi connectivity index (χ0) is 19.2. The average Bonchev–Trinajstić information content (AvgIpc) is 3.27. The van der Waals surface area contributed by atoms with Gasteiger partial charge in [0.25, 0.3) is 5.91 Å². The standard InChI is InChI=1S/C23H24N2O3/c26-23(20-8-10-21(11-9-20)24-12-15-27-16-13-24)25(18-22-7-4-14-28-22)17-19-5-2-1-3-6-19/h1-11,14H,12-13,15-18H2. The van der Waals surface area contributed by atoms with Gasteiger partial charge in [-0.2, -0.15) is 0 Å². The first-order chi connectivity index (χ1) is 13.8. The van der Waals surface area contributed by atoms with Crippen molar-refractivity contribution in [3.05, 3.63) is 89.9 Å². The van der Waals surface area contributed by atoms with E-state index in [2.05, 4.69) is 4.90 Å². The van der Waals surface area contributed by atoms with Crippen LogP contribution in [-0.2, 0) is 17.8 Å². The molecule has 144 valence electrons. The van der Waals surface area contributed by atoms with E-state index in [1.165, 1.54) is 0 Å². The Morgan fingerprint density at radius 2 is 1.64 bits per heavy atom. The second kappa shape index (κ2) is 8.76. The van der Waals surface area contributed by atoms with Crippen LogP contribution in [0.5, 0.6) is 0 Å². The Morgan fingerprint density at radius 3 is 2.32 bits per heavy atom. The van der Waals surface area contributed by atoms with E-state index in [4.69, 9.17) is 9.15 Å². The number of amides is 1. The molecule has 2 heterocycles. The average molecular weight is 376 g/mol. The van der Waals surface area contributed by atoms with Gasteiger partial charge in [-0.25, -0.2) is 0 Å². The van der Waals surface area contributed by atoms with Gasteiger partial charge in [0.05, 0.1) is 26.0 Å². The number of furan rings is 1. The minimum atomic E-state index is -0.00576. The maximum atomic E-state index is 13.2. The van der Waals surface area contributed by atoms with Crippen LogP contribution in [0.3, 0.4) is 0 Å². The molecule has 0 saturated carbocycles. The molecule has 1 fully saturated rings. The Labute approximate surface area is 165 Å². The Bertz CT molecular complexity index is 870. The van der Waals surface area contributed by atoms with Crippen molar-refractivity contribution >= 4 is 11.6 Å². The van der Waals surface area contributed by atoms with E-state index in [0.29, 0.717) is 18.7 Å². The first-order valence-electron chi connectivity index (χ1n) is 9.58. The van der Waals surface area contributed by atoms with Crippen molar-refractivity contribution in [2.24, 2.45) is 0 Å². The Hall–Kier alpha value is -3.05. The van der Waals surface area contributed by atoms with Crippen LogP contribution in [0.25, 0.3) is 0 Å². The molecule has 3 aromatic rings. The SMILES string of the molecule is O=C(c1ccc(N2CCOCC2)cc1)N(Cc1ccccc1)Cc1ccco1. The van der Waals surface area contributed by atoms with Crippen LogP contribution < -0.4 is 4.90 Å². The summed E-state index contributed by atoms with van der Waals surface area (Å²) in [6.07, 6.45) is 1.64. The molecule has 5 nitrogen and oxygen atoms in total. The molecule has 0 bridgehead atoms. The number of hydrogen-bond acceptors (Lipinski definition) is 4. The summed E-state index contributed by atoms with van der Waals surface area (Å²) in [5, 5.41) is 0. The molecule has 0 unspecified atom stereocenters. The van der Waals surface area contributed by atoms with Gasteiger partial charge in [-0.3, -0.25) is 4.79 Å². The summed E-state index contributed by atoms with van der Waals surface area (Å²) in [5.74, 6) is 0.767. The Morgan fingerprint density at radius 1 is 0.893 bits per heavy atom. The lowest BCUT2D eigenvalue weighted by Gasteiger charge is -2.29. The third-order valence-corrected chi connectivity index (χ3v) is 4.92. The van der Waals surface area contributed by atoms with Crippen LogP contribution >= 0.6 is 0 Å². The molecule has 4 rings (SSSR count). The van der Waals surface area contributed by atoms with E-state index in [-0.39, 0.29) is 5.91 Å². The molecule has 1 aromatic heterocycles. The lowest BCUT2D eigenvalue weighted by Crippen LogP contribution is -2.36. The van der Waals surface area contributed by atoms with Crippen LogP contribution in [0.4, 0.5) is 5.69 Å². The quantitative estimate of drug-likeness (QED) is 0.653. The molecule has 1 aliphatic rings. The molecule has 0 aliphatic carbocycles. The Kier molecular flexibility index (Phi) is 5.73. The fourth-order valence-electron chi connectivity index (χ4n) is 3.41. The summed E-state index contributed by atoms with van der Waals surface area (Å²) in [6.45, 7) is 4.22. The van der Waals surface area contributed by atoms with E-state index in [9.17, 15) is 4.79 Å². The second-order valence-corrected chi connectivity index (χ2v) is 6.87. The van der Waals surface area contributed by atoms with E-state index >= 15 is 0 Å². The molecule has 1 aliphatic heterocycles. The molecule has 5 heteroatoms. The number of morpholine rings is 1. The summed E-state index contributed by atoms with van der Waals surface area (Å²) in [5.41, 5.74) is 2.90. The first-order valence-corrected chi connectivity index (χ1v) is 9.58.